The van der Waals surface area contributed by atoms with Crippen LogP contribution in [0.15, 0.2) is 35.2 Å². The fourth-order valence-electron chi connectivity index (χ4n) is 4.17. The molecule has 158 valence electrons. The summed E-state index contributed by atoms with van der Waals surface area (Å²) in [6, 6.07) is 7.92. The molecule has 1 amide bonds. The lowest BCUT2D eigenvalue weighted by Gasteiger charge is -2.39. The molecule has 1 unspecified atom stereocenters. The second-order valence-electron chi connectivity index (χ2n) is 7.60. The molecule has 2 aliphatic heterocycles. The van der Waals surface area contributed by atoms with Gasteiger partial charge in [0.25, 0.3) is 0 Å². The summed E-state index contributed by atoms with van der Waals surface area (Å²) in [6.45, 7) is 2.91. The van der Waals surface area contributed by atoms with Crippen LogP contribution in [-0.4, -0.2) is 62.8 Å². The van der Waals surface area contributed by atoms with E-state index in [0.717, 1.165) is 51.7 Å². The van der Waals surface area contributed by atoms with Crippen LogP contribution >= 0.6 is 12.4 Å². The number of piperidine rings is 2. The Hall–Kier alpha value is -1.15. The Labute approximate surface area is 175 Å². The summed E-state index contributed by atoms with van der Waals surface area (Å²) in [5, 5.41) is 3.18. The summed E-state index contributed by atoms with van der Waals surface area (Å²) in [5.41, 5.74) is 0. The number of likely N-dealkylation sites (tertiary alicyclic amines) is 1. The second kappa shape index (κ2) is 10.6. The average Bonchev–Trinajstić information content (AvgIpc) is 2.72. The summed E-state index contributed by atoms with van der Waals surface area (Å²) in [5.74, 6) is 0.637. The molecule has 2 saturated heterocycles. The molecule has 0 aromatic heterocycles. The zero-order valence-electron chi connectivity index (χ0n) is 16.5. The molecule has 1 atom stereocenters. The highest BCUT2D eigenvalue weighted by molar-refractivity contribution is 7.89. The van der Waals surface area contributed by atoms with E-state index in [1.54, 1.807) is 30.3 Å². The number of carbonyl (C=O) groups excluding carboxylic acids is 1. The predicted molar refractivity (Wildman–Crippen MR) is 113 cm³/mol. The van der Waals surface area contributed by atoms with Crippen molar-refractivity contribution < 1.29 is 13.2 Å². The largest absolute Gasteiger partial charge is 0.341 e. The second-order valence-corrected chi connectivity index (χ2v) is 9.49. The number of nitrogens with zero attached hydrogens (tertiary/aromatic N) is 2. The normalized spacial score (nSPS) is 21.9. The number of sulfonamides is 1. The SMILES string of the molecule is CNCCC1CCN(C(=O)C2CCCCN2S(=O)(=O)c2ccccc2)CC1.Cl. The van der Waals surface area contributed by atoms with Crippen molar-refractivity contribution in [1.29, 1.82) is 0 Å². The quantitative estimate of drug-likeness (QED) is 0.754. The van der Waals surface area contributed by atoms with Gasteiger partial charge in [-0.3, -0.25) is 4.79 Å². The van der Waals surface area contributed by atoms with Crippen molar-refractivity contribution in [3.8, 4) is 0 Å². The molecule has 0 radical (unpaired) electrons. The van der Waals surface area contributed by atoms with Crippen LogP contribution in [-0.2, 0) is 14.8 Å². The Kier molecular flexibility index (Phi) is 8.74. The number of nitrogens with one attached hydrogen (secondary N) is 1. The van der Waals surface area contributed by atoms with Gasteiger partial charge in [-0.2, -0.15) is 4.31 Å². The highest BCUT2D eigenvalue weighted by Crippen LogP contribution is 2.28. The van der Waals surface area contributed by atoms with Crippen molar-refractivity contribution in [3.05, 3.63) is 30.3 Å². The van der Waals surface area contributed by atoms with E-state index >= 15 is 0 Å². The first-order valence-electron chi connectivity index (χ1n) is 10.0. The monoisotopic (exact) mass is 429 g/mol. The molecule has 0 bridgehead atoms. The third kappa shape index (κ3) is 5.26. The van der Waals surface area contributed by atoms with E-state index in [9.17, 15) is 13.2 Å². The number of hydrogen-bond donors (Lipinski definition) is 1. The number of amides is 1. The van der Waals surface area contributed by atoms with Gasteiger partial charge in [0.15, 0.2) is 0 Å². The maximum absolute atomic E-state index is 13.2. The van der Waals surface area contributed by atoms with Gasteiger partial charge < -0.3 is 10.2 Å². The molecule has 2 aliphatic rings. The zero-order chi connectivity index (χ0) is 19.3. The summed E-state index contributed by atoms with van der Waals surface area (Å²) in [7, 11) is -1.68. The average molecular weight is 430 g/mol. The van der Waals surface area contributed by atoms with E-state index in [1.807, 2.05) is 11.9 Å². The van der Waals surface area contributed by atoms with E-state index in [4.69, 9.17) is 0 Å². The van der Waals surface area contributed by atoms with Gasteiger partial charge in [-0.1, -0.05) is 24.6 Å². The van der Waals surface area contributed by atoms with Crippen molar-refractivity contribution in [2.24, 2.45) is 5.92 Å². The molecule has 1 aromatic rings. The number of carbonyl (C=O) groups is 1. The summed E-state index contributed by atoms with van der Waals surface area (Å²) >= 11 is 0. The van der Waals surface area contributed by atoms with Crippen LogP contribution in [0, 0.1) is 5.92 Å². The van der Waals surface area contributed by atoms with E-state index in [-0.39, 0.29) is 23.2 Å². The molecule has 2 fully saturated rings. The first kappa shape index (κ1) is 23.1. The molecule has 3 rings (SSSR count). The molecule has 1 N–H and O–H groups in total. The van der Waals surface area contributed by atoms with Crippen LogP contribution in [0.4, 0.5) is 0 Å². The van der Waals surface area contributed by atoms with Gasteiger partial charge in [-0.05, 0) is 63.7 Å². The fourth-order valence-corrected chi connectivity index (χ4v) is 5.84. The summed E-state index contributed by atoms with van der Waals surface area (Å²) in [4.78, 5) is 15.3. The molecule has 2 heterocycles. The van der Waals surface area contributed by atoms with Gasteiger partial charge in [0.2, 0.25) is 15.9 Å². The Bertz CT molecular complexity index is 721. The number of halogens is 1. The third-order valence-corrected chi connectivity index (χ3v) is 7.74. The molecule has 0 saturated carbocycles. The molecule has 0 aliphatic carbocycles. The first-order valence-corrected chi connectivity index (χ1v) is 11.5. The van der Waals surface area contributed by atoms with Crippen LogP contribution in [0.2, 0.25) is 0 Å². The minimum absolute atomic E-state index is 0. The van der Waals surface area contributed by atoms with E-state index in [1.165, 1.54) is 4.31 Å². The van der Waals surface area contributed by atoms with Crippen LogP contribution in [0.25, 0.3) is 0 Å². The molecule has 28 heavy (non-hydrogen) atoms. The van der Waals surface area contributed by atoms with Crippen LogP contribution in [0.3, 0.4) is 0 Å². The van der Waals surface area contributed by atoms with E-state index in [0.29, 0.717) is 18.9 Å². The molecular formula is C20H32ClN3O3S. The lowest BCUT2D eigenvalue weighted by atomic mass is 9.92. The Morgan fingerprint density at radius 3 is 2.39 bits per heavy atom. The van der Waals surface area contributed by atoms with Gasteiger partial charge in [0.05, 0.1) is 4.90 Å². The van der Waals surface area contributed by atoms with Crippen LogP contribution in [0.1, 0.15) is 38.5 Å². The molecular weight excluding hydrogens is 398 g/mol. The van der Waals surface area contributed by atoms with E-state index in [2.05, 4.69) is 5.32 Å². The van der Waals surface area contributed by atoms with Crippen molar-refractivity contribution in [3.63, 3.8) is 0 Å². The summed E-state index contributed by atoms with van der Waals surface area (Å²) in [6.07, 6.45) is 5.47. The number of hydrogen-bond acceptors (Lipinski definition) is 4. The lowest BCUT2D eigenvalue weighted by Crippen LogP contribution is -2.54. The fraction of sp³-hybridized carbons (Fsp3) is 0.650. The van der Waals surface area contributed by atoms with Gasteiger partial charge in [-0.25, -0.2) is 8.42 Å². The van der Waals surface area contributed by atoms with E-state index < -0.39 is 16.1 Å². The minimum Gasteiger partial charge on any atom is -0.341 e. The minimum atomic E-state index is -3.64. The van der Waals surface area contributed by atoms with Crippen molar-refractivity contribution in [2.45, 2.75) is 49.5 Å². The zero-order valence-corrected chi connectivity index (χ0v) is 18.2. The first-order chi connectivity index (χ1) is 13.0. The Balaban J connectivity index is 0.00000280. The highest BCUT2D eigenvalue weighted by atomic mass is 35.5. The third-order valence-electron chi connectivity index (χ3n) is 5.82. The Morgan fingerprint density at radius 2 is 1.75 bits per heavy atom. The van der Waals surface area contributed by atoms with Crippen molar-refractivity contribution >= 4 is 28.3 Å². The number of benzene rings is 1. The van der Waals surface area contributed by atoms with Crippen molar-refractivity contribution in [1.82, 2.24) is 14.5 Å². The summed E-state index contributed by atoms with van der Waals surface area (Å²) < 4.78 is 27.7. The smallest absolute Gasteiger partial charge is 0.243 e. The molecule has 1 aromatic carbocycles. The molecule has 6 nitrogen and oxygen atoms in total. The van der Waals surface area contributed by atoms with Gasteiger partial charge in [0.1, 0.15) is 6.04 Å². The molecule has 0 spiro atoms. The predicted octanol–water partition coefficient (Wildman–Crippen LogP) is 2.50. The number of rotatable bonds is 6. The maximum Gasteiger partial charge on any atom is 0.243 e. The topological polar surface area (TPSA) is 69.7 Å². The van der Waals surface area contributed by atoms with Crippen LogP contribution in [0.5, 0.6) is 0 Å². The Morgan fingerprint density at radius 1 is 1.07 bits per heavy atom. The standard InChI is InChI=1S/C20H31N3O3S.ClH/c1-21-13-10-17-11-15-22(16-12-17)20(24)19-9-5-6-14-23(19)27(25,26)18-7-3-2-4-8-18;/h2-4,7-8,17,19,21H,5-6,9-16H2,1H3;1H. The molecule has 8 heteroatoms. The maximum atomic E-state index is 13.2. The highest BCUT2D eigenvalue weighted by Gasteiger charge is 2.40. The lowest BCUT2D eigenvalue weighted by molar-refractivity contribution is -0.137. The van der Waals surface area contributed by atoms with Gasteiger partial charge in [-0.15, -0.1) is 12.4 Å². The van der Waals surface area contributed by atoms with Gasteiger partial charge >= 0.3 is 0 Å². The van der Waals surface area contributed by atoms with Crippen molar-refractivity contribution in [2.75, 3.05) is 33.2 Å². The van der Waals surface area contributed by atoms with Crippen LogP contribution < -0.4 is 5.32 Å². The van der Waals surface area contributed by atoms with Gasteiger partial charge in [0, 0.05) is 19.6 Å².